The lowest BCUT2D eigenvalue weighted by atomic mass is 10.2. The van der Waals surface area contributed by atoms with E-state index in [1.807, 2.05) is 61.5 Å². The van der Waals surface area contributed by atoms with E-state index in [-0.39, 0.29) is 0 Å². The van der Waals surface area contributed by atoms with Crippen molar-refractivity contribution in [3.8, 4) is 11.3 Å². The maximum atomic E-state index is 5.46. The van der Waals surface area contributed by atoms with Gasteiger partial charge in [-0.25, -0.2) is 0 Å². The van der Waals surface area contributed by atoms with Gasteiger partial charge in [-0.2, -0.15) is 0 Å². The highest BCUT2D eigenvalue weighted by Crippen LogP contribution is 2.25. The summed E-state index contributed by atoms with van der Waals surface area (Å²) in [4.78, 5) is 0. The minimum atomic E-state index is 0.684. The summed E-state index contributed by atoms with van der Waals surface area (Å²) in [5.41, 5.74) is 3.14. The molecule has 4 rings (SSSR count). The third-order valence-electron chi connectivity index (χ3n) is 4.05. The molecule has 0 saturated carbocycles. The highest BCUT2D eigenvalue weighted by atomic mass is 32.2. The van der Waals surface area contributed by atoms with E-state index in [4.69, 9.17) is 4.52 Å². The first-order valence-corrected chi connectivity index (χ1v) is 9.36. The van der Waals surface area contributed by atoms with E-state index in [0.717, 1.165) is 34.5 Å². The van der Waals surface area contributed by atoms with E-state index >= 15 is 0 Å². The molecule has 2 aromatic heterocycles. The van der Waals surface area contributed by atoms with Crippen LogP contribution in [0.1, 0.15) is 17.1 Å². The summed E-state index contributed by atoms with van der Waals surface area (Å²) in [5.74, 6) is 2.37. The fourth-order valence-electron chi connectivity index (χ4n) is 2.67. The number of aryl methyl sites for hydroxylation is 1. The highest BCUT2D eigenvalue weighted by molar-refractivity contribution is 7.98. The fraction of sp³-hybridized carbons (Fsp3) is 0.150. The monoisotopic (exact) mass is 362 g/mol. The lowest BCUT2D eigenvalue weighted by Crippen LogP contribution is -2.03. The van der Waals surface area contributed by atoms with Crippen LogP contribution in [0, 0.1) is 6.92 Å². The number of rotatable bonds is 6. The van der Waals surface area contributed by atoms with Gasteiger partial charge in [-0.05, 0) is 12.5 Å². The molecule has 0 amide bonds. The topological polar surface area (TPSA) is 56.7 Å². The predicted molar refractivity (Wildman–Crippen MR) is 102 cm³/mol. The Labute approximate surface area is 156 Å². The largest absolute Gasteiger partial charge is 0.356 e. The van der Waals surface area contributed by atoms with Crippen LogP contribution in [0.15, 0.2) is 76.4 Å². The maximum Gasteiger partial charge on any atom is 0.191 e. The molecule has 0 aliphatic carbocycles. The molecule has 0 aliphatic heterocycles. The van der Waals surface area contributed by atoms with Gasteiger partial charge in [0.15, 0.2) is 10.9 Å². The minimum absolute atomic E-state index is 0.684. The Bertz CT molecular complexity index is 979. The van der Waals surface area contributed by atoms with Crippen LogP contribution < -0.4 is 0 Å². The van der Waals surface area contributed by atoms with Gasteiger partial charge in [0.05, 0.1) is 12.2 Å². The summed E-state index contributed by atoms with van der Waals surface area (Å²) in [7, 11) is 0. The highest BCUT2D eigenvalue weighted by Gasteiger charge is 2.12. The van der Waals surface area contributed by atoms with Gasteiger partial charge >= 0.3 is 0 Å². The zero-order valence-electron chi connectivity index (χ0n) is 14.4. The Balaban J connectivity index is 1.47. The van der Waals surface area contributed by atoms with E-state index in [2.05, 4.69) is 32.1 Å². The van der Waals surface area contributed by atoms with E-state index < -0.39 is 0 Å². The molecular formula is C20H18N4OS. The fourth-order valence-corrected chi connectivity index (χ4v) is 3.54. The molecular weight excluding hydrogens is 344 g/mol. The first-order chi connectivity index (χ1) is 12.8. The van der Waals surface area contributed by atoms with Gasteiger partial charge in [0.2, 0.25) is 0 Å². The summed E-state index contributed by atoms with van der Waals surface area (Å²) in [6.45, 7) is 2.74. The molecule has 4 aromatic rings. The van der Waals surface area contributed by atoms with Crippen molar-refractivity contribution in [2.75, 3.05) is 0 Å². The number of hydrogen-bond donors (Lipinski definition) is 0. The summed E-state index contributed by atoms with van der Waals surface area (Å²) >= 11 is 1.62. The van der Waals surface area contributed by atoms with Crippen molar-refractivity contribution in [1.29, 1.82) is 0 Å². The van der Waals surface area contributed by atoms with Gasteiger partial charge in [0.1, 0.15) is 5.82 Å². The molecule has 0 N–H and O–H groups in total. The van der Waals surface area contributed by atoms with Crippen molar-refractivity contribution in [2.24, 2.45) is 0 Å². The Morgan fingerprint density at radius 1 is 0.962 bits per heavy atom. The third-order valence-corrected chi connectivity index (χ3v) is 5.05. The zero-order chi connectivity index (χ0) is 17.8. The smallest absolute Gasteiger partial charge is 0.191 e. The van der Waals surface area contributed by atoms with Gasteiger partial charge in [0, 0.05) is 17.4 Å². The predicted octanol–water partition coefficient (Wildman–Crippen LogP) is 4.58. The average molecular weight is 362 g/mol. The molecule has 0 saturated heterocycles. The van der Waals surface area contributed by atoms with Crippen LogP contribution >= 0.6 is 11.8 Å². The van der Waals surface area contributed by atoms with Crippen LogP contribution in [-0.2, 0) is 12.3 Å². The molecule has 0 bridgehead atoms. The van der Waals surface area contributed by atoms with Gasteiger partial charge < -0.3 is 9.09 Å². The molecule has 0 unspecified atom stereocenters. The van der Waals surface area contributed by atoms with Crippen LogP contribution in [0.3, 0.4) is 0 Å². The Hall–Kier alpha value is -2.86. The third kappa shape index (κ3) is 3.70. The number of thioether (sulfide) groups is 1. The summed E-state index contributed by atoms with van der Waals surface area (Å²) in [6, 6.07) is 22.3. The summed E-state index contributed by atoms with van der Waals surface area (Å²) in [6.07, 6.45) is 0. The number of benzene rings is 2. The van der Waals surface area contributed by atoms with E-state index in [0.29, 0.717) is 5.75 Å². The molecule has 2 heterocycles. The second-order valence-corrected chi connectivity index (χ2v) is 6.88. The van der Waals surface area contributed by atoms with Crippen molar-refractivity contribution in [1.82, 2.24) is 19.9 Å². The van der Waals surface area contributed by atoms with Crippen molar-refractivity contribution in [2.45, 2.75) is 24.4 Å². The number of hydrogen-bond acceptors (Lipinski definition) is 5. The van der Waals surface area contributed by atoms with E-state index in [9.17, 15) is 0 Å². The summed E-state index contributed by atoms with van der Waals surface area (Å²) < 4.78 is 7.59. The average Bonchev–Trinajstić information content (AvgIpc) is 3.29. The summed E-state index contributed by atoms with van der Waals surface area (Å²) in [5, 5.41) is 13.6. The molecule has 0 aliphatic rings. The number of nitrogens with zero attached hydrogens (tertiary/aromatic N) is 4. The molecule has 0 spiro atoms. The van der Waals surface area contributed by atoms with E-state index in [1.165, 1.54) is 5.56 Å². The van der Waals surface area contributed by atoms with Gasteiger partial charge in [0.25, 0.3) is 0 Å². The maximum absolute atomic E-state index is 5.46. The standard InChI is InChI=1S/C20H18N4OS/c1-15-21-22-20(24(15)13-16-8-4-2-5-9-16)26-14-18-12-19(25-23-18)17-10-6-3-7-11-17/h2-12H,13-14H2,1H3. The SMILES string of the molecule is Cc1nnc(SCc2cc(-c3ccccc3)on2)n1Cc1ccccc1. The van der Waals surface area contributed by atoms with Gasteiger partial charge in [-0.1, -0.05) is 77.6 Å². The normalized spacial score (nSPS) is 11.0. The first-order valence-electron chi connectivity index (χ1n) is 8.37. The van der Waals surface area contributed by atoms with Crippen LogP contribution in [0.25, 0.3) is 11.3 Å². The Morgan fingerprint density at radius 2 is 1.69 bits per heavy atom. The molecule has 2 aromatic carbocycles. The lowest BCUT2D eigenvalue weighted by Gasteiger charge is -2.07. The molecule has 0 radical (unpaired) electrons. The Morgan fingerprint density at radius 3 is 2.46 bits per heavy atom. The Kier molecular flexibility index (Phi) is 4.84. The number of aromatic nitrogens is 4. The molecule has 130 valence electrons. The molecule has 0 fully saturated rings. The van der Waals surface area contributed by atoms with Crippen LogP contribution in [0.2, 0.25) is 0 Å². The van der Waals surface area contributed by atoms with Crippen molar-refractivity contribution in [3.05, 3.63) is 83.8 Å². The molecule has 26 heavy (non-hydrogen) atoms. The van der Waals surface area contributed by atoms with Gasteiger partial charge in [-0.3, -0.25) is 0 Å². The van der Waals surface area contributed by atoms with Crippen molar-refractivity contribution in [3.63, 3.8) is 0 Å². The zero-order valence-corrected chi connectivity index (χ0v) is 15.2. The quantitative estimate of drug-likeness (QED) is 0.470. The first kappa shape index (κ1) is 16.6. The van der Waals surface area contributed by atoms with Crippen molar-refractivity contribution >= 4 is 11.8 Å². The van der Waals surface area contributed by atoms with Crippen LogP contribution in [-0.4, -0.2) is 19.9 Å². The van der Waals surface area contributed by atoms with Gasteiger partial charge in [-0.15, -0.1) is 10.2 Å². The molecule has 5 nitrogen and oxygen atoms in total. The second kappa shape index (κ2) is 7.58. The van der Waals surface area contributed by atoms with Crippen LogP contribution in [0.4, 0.5) is 0 Å². The van der Waals surface area contributed by atoms with Crippen molar-refractivity contribution < 1.29 is 4.52 Å². The lowest BCUT2D eigenvalue weighted by molar-refractivity contribution is 0.426. The van der Waals surface area contributed by atoms with Crippen LogP contribution in [0.5, 0.6) is 0 Å². The molecule has 6 heteroatoms. The molecule has 0 atom stereocenters. The minimum Gasteiger partial charge on any atom is -0.356 e. The van der Waals surface area contributed by atoms with E-state index in [1.54, 1.807) is 11.8 Å². The second-order valence-electron chi connectivity index (χ2n) is 5.94.